The lowest BCUT2D eigenvalue weighted by Crippen LogP contribution is -1.99. The second-order valence-corrected chi connectivity index (χ2v) is 3.30. The summed E-state index contributed by atoms with van der Waals surface area (Å²) in [6, 6.07) is 3.27. The summed E-state index contributed by atoms with van der Waals surface area (Å²) in [6.45, 7) is 0. The van der Waals surface area contributed by atoms with Crippen LogP contribution in [0.1, 0.15) is 5.56 Å². The molecular formula is C9H6ClNO3. The molecule has 2 aromatic rings. The molecule has 72 valence electrons. The number of carboxylic acid groups (broad SMARTS) is 1. The molecule has 5 heteroatoms. The largest absolute Gasteiger partial charge is 0.481 e. The lowest BCUT2D eigenvalue weighted by atomic mass is 10.1. The first-order chi connectivity index (χ1) is 6.66. The summed E-state index contributed by atoms with van der Waals surface area (Å²) in [6.07, 6.45) is 1.45. The number of halogens is 1. The van der Waals surface area contributed by atoms with E-state index in [1.54, 1.807) is 12.1 Å². The van der Waals surface area contributed by atoms with E-state index in [0.717, 1.165) is 0 Å². The maximum atomic E-state index is 10.5. The molecule has 0 radical (unpaired) electrons. The third-order valence-electron chi connectivity index (χ3n) is 1.82. The topological polar surface area (TPSA) is 63.3 Å². The van der Waals surface area contributed by atoms with Gasteiger partial charge in [-0.15, -0.1) is 0 Å². The van der Waals surface area contributed by atoms with Crippen molar-refractivity contribution >= 4 is 28.5 Å². The summed E-state index contributed by atoms with van der Waals surface area (Å²) in [7, 11) is 0. The molecule has 0 saturated carbocycles. The normalized spacial score (nSPS) is 10.6. The molecule has 14 heavy (non-hydrogen) atoms. The molecule has 0 bridgehead atoms. The SMILES string of the molecule is O=C(O)Cc1cc(Cl)c2oncc2c1. The number of carbonyl (C=O) groups is 1. The molecule has 2 rings (SSSR count). The van der Waals surface area contributed by atoms with Gasteiger partial charge in [0, 0.05) is 5.39 Å². The maximum absolute atomic E-state index is 10.5. The Kier molecular flexibility index (Phi) is 2.13. The van der Waals surface area contributed by atoms with Crippen LogP contribution in [0, 0.1) is 0 Å². The second kappa shape index (κ2) is 3.31. The molecule has 0 saturated heterocycles. The van der Waals surface area contributed by atoms with Crippen LogP contribution in [0.2, 0.25) is 5.02 Å². The van der Waals surface area contributed by atoms with E-state index >= 15 is 0 Å². The van der Waals surface area contributed by atoms with E-state index in [1.807, 2.05) is 0 Å². The van der Waals surface area contributed by atoms with E-state index in [4.69, 9.17) is 21.2 Å². The molecule has 0 aliphatic carbocycles. The number of fused-ring (bicyclic) bond motifs is 1. The van der Waals surface area contributed by atoms with Crippen molar-refractivity contribution in [2.24, 2.45) is 0 Å². The molecule has 0 amide bonds. The first-order valence-electron chi connectivity index (χ1n) is 3.91. The average molecular weight is 212 g/mol. The molecule has 0 fully saturated rings. The van der Waals surface area contributed by atoms with E-state index in [1.165, 1.54) is 6.20 Å². The summed E-state index contributed by atoms with van der Waals surface area (Å²) in [4.78, 5) is 10.5. The van der Waals surface area contributed by atoms with Crippen LogP contribution < -0.4 is 0 Å². The number of aromatic nitrogens is 1. The van der Waals surface area contributed by atoms with Crippen molar-refractivity contribution in [1.82, 2.24) is 5.16 Å². The Hall–Kier alpha value is -1.55. The van der Waals surface area contributed by atoms with Crippen LogP contribution in [0.25, 0.3) is 11.0 Å². The highest BCUT2D eigenvalue weighted by molar-refractivity contribution is 6.34. The fourth-order valence-electron chi connectivity index (χ4n) is 1.28. The molecule has 1 heterocycles. The van der Waals surface area contributed by atoms with Crippen molar-refractivity contribution in [3.05, 3.63) is 28.9 Å². The number of aliphatic carboxylic acids is 1. The highest BCUT2D eigenvalue weighted by atomic mass is 35.5. The molecule has 4 nitrogen and oxygen atoms in total. The van der Waals surface area contributed by atoms with E-state index in [-0.39, 0.29) is 6.42 Å². The number of rotatable bonds is 2. The van der Waals surface area contributed by atoms with Gasteiger partial charge in [0.2, 0.25) is 0 Å². The molecule has 0 atom stereocenters. The Morgan fingerprint density at radius 3 is 3.07 bits per heavy atom. The summed E-state index contributed by atoms with van der Waals surface area (Å²) in [5.41, 5.74) is 1.12. The van der Waals surface area contributed by atoms with Crippen LogP contribution in [-0.2, 0) is 11.2 Å². The first kappa shape index (κ1) is 9.02. The van der Waals surface area contributed by atoms with Gasteiger partial charge in [-0.1, -0.05) is 16.8 Å². The van der Waals surface area contributed by atoms with Gasteiger partial charge in [-0.3, -0.25) is 4.79 Å². The van der Waals surface area contributed by atoms with Crippen LogP contribution in [0.5, 0.6) is 0 Å². The standard InChI is InChI=1S/C9H6ClNO3/c10-7-2-5(3-8(12)13)1-6-4-11-14-9(6)7/h1-2,4H,3H2,(H,12,13). The molecule has 0 unspecified atom stereocenters. The minimum atomic E-state index is -0.892. The van der Waals surface area contributed by atoms with Crippen LogP contribution in [0.4, 0.5) is 0 Å². The van der Waals surface area contributed by atoms with Crippen molar-refractivity contribution in [3.8, 4) is 0 Å². The van der Waals surface area contributed by atoms with E-state index in [2.05, 4.69) is 5.16 Å². The summed E-state index contributed by atoms with van der Waals surface area (Å²) >= 11 is 5.86. The molecule has 0 aliphatic rings. The predicted octanol–water partition coefficient (Wildman–Crippen LogP) is 2.11. The summed E-state index contributed by atoms with van der Waals surface area (Å²) in [5.74, 6) is -0.892. The Labute approximate surface area is 84.1 Å². The van der Waals surface area contributed by atoms with Crippen LogP contribution in [0.3, 0.4) is 0 Å². The quantitative estimate of drug-likeness (QED) is 0.826. The number of nitrogens with zero attached hydrogens (tertiary/aromatic N) is 1. The first-order valence-corrected chi connectivity index (χ1v) is 4.29. The van der Waals surface area contributed by atoms with Crippen molar-refractivity contribution in [2.75, 3.05) is 0 Å². The van der Waals surface area contributed by atoms with Crippen molar-refractivity contribution < 1.29 is 14.4 Å². The Bertz CT molecular complexity index is 492. The number of hydrogen-bond acceptors (Lipinski definition) is 3. The van der Waals surface area contributed by atoms with E-state index in [0.29, 0.717) is 21.6 Å². The minimum Gasteiger partial charge on any atom is -0.481 e. The Morgan fingerprint density at radius 2 is 2.36 bits per heavy atom. The monoisotopic (exact) mass is 211 g/mol. The highest BCUT2D eigenvalue weighted by Gasteiger charge is 2.08. The zero-order valence-corrected chi connectivity index (χ0v) is 7.78. The molecule has 0 aliphatic heterocycles. The molecule has 1 N–H and O–H groups in total. The zero-order valence-electron chi connectivity index (χ0n) is 7.03. The lowest BCUT2D eigenvalue weighted by molar-refractivity contribution is -0.136. The molecule has 0 spiro atoms. The Morgan fingerprint density at radius 1 is 1.57 bits per heavy atom. The summed E-state index contributed by atoms with van der Waals surface area (Å²) < 4.78 is 4.88. The van der Waals surface area contributed by atoms with Gasteiger partial charge in [-0.05, 0) is 17.7 Å². The van der Waals surface area contributed by atoms with Gasteiger partial charge in [0.25, 0.3) is 0 Å². The smallest absolute Gasteiger partial charge is 0.307 e. The number of benzene rings is 1. The van der Waals surface area contributed by atoms with Crippen LogP contribution in [0.15, 0.2) is 22.9 Å². The van der Waals surface area contributed by atoms with E-state index in [9.17, 15) is 4.79 Å². The van der Waals surface area contributed by atoms with Gasteiger partial charge in [0.15, 0.2) is 5.58 Å². The number of hydrogen-bond donors (Lipinski definition) is 1. The fraction of sp³-hybridized carbons (Fsp3) is 0.111. The van der Waals surface area contributed by atoms with Crippen molar-refractivity contribution in [2.45, 2.75) is 6.42 Å². The Balaban J connectivity index is 2.53. The molecular weight excluding hydrogens is 206 g/mol. The van der Waals surface area contributed by atoms with Crippen LogP contribution in [-0.4, -0.2) is 16.2 Å². The average Bonchev–Trinajstić information content (AvgIpc) is 2.50. The maximum Gasteiger partial charge on any atom is 0.307 e. The van der Waals surface area contributed by atoms with Gasteiger partial charge in [-0.2, -0.15) is 0 Å². The third-order valence-corrected chi connectivity index (χ3v) is 2.10. The highest BCUT2D eigenvalue weighted by Crippen LogP contribution is 2.25. The molecule has 1 aromatic heterocycles. The lowest BCUT2D eigenvalue weighted by Gasteiger charge is -1.97. The predicted molar refractivity (Wildman–Crippen MR) is 50.4 cm³/mol. The van der Waals surface area contributed by atoms with Gasteiger partial charge in [0.05, 0.1) is 17.6 Å². The minimum absolute atomic E-state index is 0.0547. The van der Waals surface area contributed by atoms with Gasteiger partial charge >= 0.3 is 5.97 Å². The van der Waals surface area contributed by atoms with Crippen molar-refractivity contribution in [1.29, 1.82) is 0 Å². The van der Waals surface area contributed by atoms with E-state index < -0.39 is 5.97 Å². The number of carboxylic acids is 1. The summed E-state index contributed by atoms with van der Waals surface area (Å²) in [5, 5.41) is 13.3. The zero-order chi connectivity index (χ0) is 10.1. The van der Waals surface area contributed by atoms with Crippen LogP contribution >= 0.6 is 11.6 Å². The fourth-order valence-corrected chi connectivity index (χ4v) is 1.56. The second-order valence-electron chi connectivity index (χ2n) is 2.89. The van der Waals surface area contributed by atoms with Gasteiger partial charge in [-0.25, -0.2) is 0 Å². The van der Waals surface area contributed by atoms with Gasteiger partial charge < -0.3 is 9.63 Å². The molecule has 1 aromatic carbocycles. The van der Waals surface area contributed by atoms with Crippen molar-refractivity contribution in [3.63, 3.8) is 0 Å². The van der Waals surface area contributed by atoms with Gasteiger partial charge in [0.1, 0.15) is 0 Å². The third kappa shape index (κ3) is 1.56.